The van der Waals surface area contributed by atoms with Crippen LogP contribution in [0.15, 0.2) is 194 Å². The third-order valence-corrected chi connectivity index (χ3v) is 11.4. The molecule has 0 saturated carbocycles. The Hall–Kier alpha value is -7.94. The van der Waals surface area contributed by atoms with Gasteiger partial charge in [-0.15, -0.1) is 0 Å². The average molecular weight is 741 g/mol. The summed E-state index contributed by atoms with van der Waals surface area (Å²) in [4.78, 5) is 15.0. The fourth-order valence-corrected chi connectivity index (χ4v) is 8.92. The van der Waals surface area contributed by atoms with Crippen LogP contribution in [0, 0.1) is 11.3 Å². The summed E-state index contributed by atoms with van der Waals surface area (Å²) in [6, 6.07) is 69.0. The Labute approximate surface area is 336 Å². The minimum atomic E-state index is -0.671. The highest BCUT2D eigenvalue weighted by Crippen LogP contribution is 2.64. The minimum absolute atomic E-state index is 0.584. The van der Waals surface area contributed by atoms with Crippen molar-refractivity contribution in [1.82, 2.24) is 15.0 Å². The van der Waals surface area contributed by atoms with E-state index in [4.69, 9.17) is 19.7 Å². The molecule has 2 aliphatic rings. The van der Waals surface area contributed by atoms with Gasteiger partial charge in [0.25, 0.3) is 0 Å². The summed E-state index contributed by atoms with van der Waals surface area (Å²) in [6.45, 7) is 0. The topological polar surface area (TPSA) is 71.7 Å². The lowest BCUT2D eigenvalue weighted by Crippen LogP contribution is -2.32. The molecule has 5 nitrogen and oxygen atoms in total. The van der Waals surface area contributed by atoms with Crippen molar-refractivity contribution in [3.05, 3.63) is 222 Å². The highest BCUT2D eigenvalue weighted by atomic mass is 16.5. The van der Waals surface area contributed by atoms with Gasteiger partial charge in [-0.2, -0.15) is 5.26 Å². The summed E-state index contributed by atoms with van der Waals surface area (Å²) in [5.74, 6) is 3.37. The van der Waals surface area contributed by atoms with Gasteiger partial charge < -0.3 is 4.74 Å². The van der Waals surface area contributed by atoms with E-state index in [-0.39, 0.29) is 0 Å². The van der Waals surface area contributed by atoms with Crippen LogP contribution in [-0.2, 0) is 5.41 Å². The number of hydrogen-bond donors (Lipinski definition) is 0. The van der Waals surface area contributed by atoms with Gasteiger partial charge in [-0.1, -0.05) is 176 Å². The van der Waals surface area contributed by atoms with Crippen LogP contribution in [0.4, 0.5) is 0 Å². The van der Waals surface area contributed by atoms with E-state index in [2.05, 4.69) is 121 Å². The van der Waals surface area contributed by atoms with Crippen LogP contribution in [0.3, 0.4) is 0 Å². The van der Waals surface area contributed by atoms with Crippen molar-refractivity contribution in [2.75, 3.05) is 0 Å². The molecule has 5 heteroatoms. The minimum Gasteiger partial charge on any atom is -0.455 e. The van der Waals surface area contributed by atoms with Gasteiger partial charge in [-0.05, 0) is 51.6 Å². The molecule has 2 heterocycles. The monoisotopic (exact) mass is 740 g/mol. The number of hydrogen-bond acceptors (Lipinski definition) is 5. The van der Waals surface area contributed by atoms with Gasteiger partial charge in [0.15, 0.2) is 17.5 Å². The van der Waals surface area contributed by atoms with Crippen molar-refractivity contribution in [3.63, 3.8) is 0 Å². The Kier molecular flexibility index (Phi) is 7.70. The molecule has 270 valence electrons. The standard InChI is InChI=1S/C53H32N4O/c54-33-34-15-11-20-37(31-34)40-25-13-29-46-48(40)58-49-41(26-14-30-47(49)53(46)44-27-9-7-23-42(44)43-24-8-10-28-45(43)53)38-21-12-22-39(32-38)52-56-50(35-16-3-1-4-17-35)55-51(57-52)36-18-5-2-6-19-36/h1-32H. The Bertz CT molecular complexity index is 3010. The molecule has 58 heavy (non-hydrogen) atoms. The number of para-hydroxylation sites is 2. The number of benzene rings is 8. The number of aromatic nitrogens is 3. The van der Waals surface area contributed by atoms with Gasteiger partial charge in [0, 0.05) is 38.9 Å². The average Bonchev–Trinajstić information content (AvgIpc) is 3.60. The lowest BCUT2D eigenvalue weighted by Gasteiger charge is -2.40. The fourth-order valence-electron chi connectivity index (χ4n) is 8.92. The van der Waals surface area contributed by atoms with Gasteiger partial charge in [-0.3, -0.25) is 0 Å². The zero-order chi connectivity index (χ0) is 38.6. The number of nitriles is 1. The second-order valence-electron chi connectivity index (χ2n) is 14.6. The molecule has 0 amide bonds. The molecule has 0 atom stereocenters. The molecule has 0 saturated heterocycles. The van der Waals surface area contributed by atoms with Crippen LogP contribution in [-0.4, -0.2) is 15.0 Å². The summed E-state index contributed by atoms with van der Waals surface area (Å²) in [6.07, 6.45) is 0. The molecule has 8 aromatic carbocycles. The van der Waals surface area contributed by atoms with Crippen molar-refractivity contribution < 1.29 is 4.74 Å². The van der Waals surface area contributed by atoms with E-state index >= 15 is 0 Å². The first-order valence-corrected chi connectivity index (χ1v) is 19.3. The molecule has 1 aliphatic carbocycles. The van der Waals surface area contributed by atoms with Gasteiger partial charge >= 0.3 is 0 Å². The van der Waals surface area contributed by atoms with Crippen LogP contribution in [0.2, 0.25) is 0 Å². The normalized spacial score (nSPS) is 12.7. The van der Waals surface area contributed by atoms with Gasteiger partial charge in [-0.25, -0.2) is 15.0 Å². The van der Waals surface area contributed by atoms with E-state index in [0.717, 1.165) is 61.6 Å². The summed E-state index contributed by atoms with van der Waals surface area (Å²) in [7, 11) is 0. The summed E-state index contributed by atoms with van der Waals surface area (Å²) >= 11 is 0. The highest BCUT2D eigenvalue weighted by Gasteiger charge is 2.52. The Morgan fingerprint density at radius 1 is 0.362 bits per heavy atom. The largest absolute Gasteiger partial charge is 0.455 e. The second-order valence-corrected chi connectivity index (χ2v) is 14.6. The summed E-state index contributed by atoms with van der Waals surface area (Å²) < 4.78 is 7.31. The van der Waals surface area contributed by atoms with Crippen molar-refractivity contribution in [2.24, 2.45) is 0 Å². The second kappa shape index (κ2) is 13.4. The van der Waals surface area contributed by atoms with Gasteiger partial charge in [0.1, 0.15) is 11.5 Å². The van der Waals surface area contributed by atoms with Crippen LogP contribution in [0.5, 0.6) is 11.5 Å². The lowest BCUT2D eigenvalue weighted by molar-refractivity contribution is 0.440. The first-order valence-electron chi connectivity index (χ1n) is 19.3. The number of ether oxygens (including phenoxy) is 1. The molecule has 0 fully saturated rings. The molecule has 0 N–H and O–H groups in total. The molecular formula is C53H32N4O. The molecule has 11 rings (SSSR count). The van der Waals surface area contributed by atoms with E-state index in [9.17, 15) is 5.26 Å². The van der Waals surface area contributed by atoms with Gasteiger partial charge in [0.2, 0.25) is 0 Å². The predicted molar refractivity (Wildman–Crippen MR) is 229 cm³/mol. The van der Waals surface area contributed by atoms with Crippen LogP contribution in [0.25, 0.3) is 67.5 Å². The van der Waals surface area contributed by atoms with E-state index in [1.807, 2.05) is 78.9 Å². The third kappa shape index (κ3) is 5.13. The molecule has 0 radical (unpaired) electrons. The Morgan fingerprint density at radius 3 is 1.31 bits per heavy atom. The first kappa shape index (κ1) is 33.4. The summed E-state index contributed by atoms with van der Waals surface area (Å²) in [5, 5.41) is 9.88. The van der Waals surface area contributed by atoms with E-state index in [1.54, 1.807) is 0 Å². The predicted octanol–water partition coefficient (Wildman–Crippen LogP) is 12.5. The van der Waals surface area contributed by atoms with Crippen molar-refractivity contribution in [3.8, 4) is 85.1 Å². The van der Waals surface area contributed by atoms with E-state index in [1.165, 1.54) is 22.3 Å². The molecular weight excluding hydrogens is 709 g/mol. The van der Waals surface area contributed by atoms with Crippen LogP contribution >= 0.6 is 0 Å². The fraction of sp³-hybridized carbons (Fsp3) is 0.0189. The zero-order valence-electron chi connectivity index (χ0n) is 31.2. The molecule has 0 bridgehead atoms. The van der Waals surface area contributed by atoms with Gasteiger partial charge in [0.05, 0.1) is 17.0 Å². The Morgan fingerprint density at radius 2 is 0.759 bits per heavy atom. The maximum atomic E-state index is 9.88. The van der Waals surface area contributed by atoms with Crippen molar-refractivity contribution in [1.29, 1.82) is 5.26 Å². The molecule has 9 aromatic rings. The third-order valence-electron chi connectivity index (χ3n) is 11.4. The SMILES string of the molecule is N#Cc1cccc(-c2cccc3c2Oc2c(-c4cccc(-c5nc(-c6ccccc6)nc(-c6ccccc6)n5)c4)cccc2C32c3ccccc3-c3ccccc32)c1. The smallest absolute Gasteiger partial charge is 0.164 e. The number of rotatable bonds is 5. The highest BCUT2D eigenvalue weighted by molar-refractivity contribution is 5.92. The first-order chi connectivity index (χ1) is 28.7. The molecule has 1 aliphatic heterocycles. The maximum Gasteiger partial charge on any atom is 0.164 e. The lowest BCUT2D eigenvalue weighted by atomic mass is 9.65. The van der Waals surface area contributed by atoms with Crippen LogP contribution < -0.4 is 4.74 Å². The summed E-state index contributed by atoms with van der Waals surface area (Å²) in [5.41, 5.74) is 13.4. The quantitative estimate of drug-likeness (QED) is 0.176. The van der Waals surface area contributed by atoms with Crippen molar-refractivity contribution >= 4 is 0 Å². The number of fused-ring (bicyclic) bond motifs is 9. The molecule has 0 unspecified atom stereocenters. The molecule has 1 spiro atoms. The molecule has 1 aromatic heterocycles. The zero-order valence-corrected chi connectivity index (χ0v) is 31.2. The van der Waals surface area contributed by atoms with Crippen molar-refractivity contribution in [2.45, 2.75) is 5.41 Å². The Balaban J connectivity index is 1.15. The van der Waals surface area contributed by atoms with E-state index in [0.29, 0.717) is 23.0 Å². The van der Waals surface area contributed by atoms with Crippen LogP contribution in [0.1, 0.15) is 27.8 Å². The maximum absolute atomic E-state index is 9.88. The van der Waals surface area contributed by atoms with E-state index < -0.39 is 5.41 Å². The number of nitrogens with zero attached hydrogens (tertiary/aromatic N) is 4.